The maximum Gasteiger partial charge on any atom is 0.311 e. The fourth-order valence-electron chi connectivity index (χ4n) is 8.56. The fourth-order valence-corrected chi connectivity index (χ4v) is 8.56. The van der Waals surface area contributed by atoms with Crippen molar-refractivity contribution in [3.63, 3.8) is 0 Å². The van der Waals surface area contributed by atoms with Gasteiger partial charge in [0.05, 0.1) is 53.4 Å². The molecule has 0 aromatic rings. The van der Waals surface area contributed by atoms with Gasteiger partial charge in [0.2, 0.25) is 0 Å². The molecule has 0 spiro atoms. The van der Waals surface area contributed by atoms with Gasteiger partial charge < -0.3 is 59.0 Å². The summed E-state index contributed by atoms with van der Waals surface area (Å²) in [5.74, 6) is -3.99. The molecule has 3 aliphatic rings. The minimum Gasteiger partial charge on any atom is -0.462 e. The SMILES string of the molecule is CC[C@H]1OC(=O)[C@H](C)[C@@H](O[C@H]2C[C@](C)(OC)[C@@H](O)C(C)O2)[C@H](C)[C@@H](O[C@@H]2OC(C)C[C@@H](N(C)C)C2O)[C@](C)(O)C[C@@H](C)/C(=N\O)[C@H](C)[C@@H](O)[C@H]1C. The number of carbonyl (C=O) groups excluding carboxylic acids is 1. The van der Waals surface area contributed by atoms with E-state index < -0.39 is 102 Å². The van der Waals surface area contributed by atoms with Gasteiger partial charge in [0, 0.05) is 43.2 Å². The van der Waals surface area contributed by atoms with Crippen molar-refractivity contribution >= 4 is 11.7 Å². The number of aliphatic hydroxyl groups is 4. The number of nitrogens with zero attached hydrogens (tertiary/aromatic N) is 2. The van der Waals surface area contributed by atoms with Crippen molar-refractivity contribution < 1.29 is 58.8 Å². The molecule has 18 atom stereocenters. The molecule has 3 rings (SSSR count). The smallest absolute Gasteiger partial charge is 0.311 e. The Labute approximate surface area is 304 Å². The first-order valence-corrected chi connectivity index (χ1v) is 18.7. The summed E-state index contributed by atoms with van der Waals surface area (Å²) in [6.07, 6.45) is -7.72. The first kappa shape index (κ1) is 43.9. The number of rotatable bonds is 7. The van der Waals surface area contributed by atoms with Crippen molar-refractivity contribution in [1.82, 2.24) is 4.90 Å². The van der Waals surface area contributed by atoms with E-state index in [2.05, 4.69) is 5.16 Å². The van der Waals surface area contributed by atoms with Crippen molar-refractivity contribution in [2.45, 2.75) is 174 Å². The van der Waals surface area contributed by atoms with Gasteiger partial charge in [-0.1, -0.05) is 39.8 Å². The number of esters is 1. The Bertz CT molecular complexity index is 1160. The highest BCUT2D eigenvalue weighted by atomic mass is 16.7. The van der Waals surface area contributed by atoms with Gasteiger partial charge in [-0.25, -0.2) is 0 Å². The Kier molecular flexibility index (Phi) is 15.3. The molecule has 14 heteroatoms. The van der Waals surface area contributed by atoms with E-state index in [9.17, 15) is 30.4 Å². The maximum absolute atomic E-state index is 14.1. The van der Waals surface area contributed by atoms with Crippen LogP contribution in [0.15, 0.2) is 5.16 Å². The molecule has 0 aromatic carbocycles. The van der Waals surface area contributed by atoms with Crippen molar-refractivity contribution in [3.05, 3.63) is 0 Å². The molecule has 14 nitrogen and oxygen atoms in total. The van der Waals surface area contributed by atoms with Gasteiger partial charge in [0.1, 0.15) is 18.3 Å². The van der Waals surface area contributed by atoms with Crippen LogP contribution < -0.4 is 0 Å². The Balaban J connectivity index is 2.18. The first-order chi connectivity index (χ1) is 23.6. The lowest BCUT2D eigenvalue weighted by Gasteiger charge is -2.49. The minimum absolute atomic E-state index is 0.0238. The summed E-state index contributed by atoms with van der Waals surface area (Å²) in [4.78, 5) is 16.0. The molecule has 3 aliphatic heterocycles. The maximum atomic E-state index is 14.1. The predicted molar refractivity (Wildman–Crippen MR) is 189 cm³/mol. The highest BCUT2D eigenvalue weighted by Crippen LogP contribution is 2.40. The number of carbonyl (C=O) groups is 1. The van der Waals surface area contributed by atoms with Crippen LogP contribution in [0.3, 0.4) is 0 Å². The monoisotopic (exact) mass is 732 g/mol. The van der Waals surface area contributed by atoms with E-state index in [0.29, 0.717) is 12.8 Å². The van der Waals surface area contributed by atoms with Crippen LogP contribution in [0.4, 0.5) is 0 Å². The number of hydrogen-bond donors (Lipinski definition) is 5. The zero-order valence-electron chi connectivity index (χ0n) is 33.1. The molecular weight excluding hydrogens is 664 g/mol. The number of likely N-dealkylation sites (N-methyl/N-ethyl adjacent to an activating group) is 1. The minimum atomic E-state index is -1.69. The van der Waals surface area contributed by atoms with Crippen LogP contribution in [0.25, 0.3) is 0 Å². The van der Waals surface area contributed by atoms with Crippen LogP contribution in [0.1, 0.15) is 94.9 Å². The van der Waals surface area contributed by atoms with Gasteiger partial charge in [-0.15, -0.1) is 0 Å². The number of methoxy groups -OCH3 is 1. The summed E-state index contributed by atoms with van der Waals surface area (Å²) in [7, 11) is 5.25. The van der Waals surface area contributed by atoms with Crippen LogP contribution in [-0.2, 0) is 33.2 Å². The molecule has 0 bridgehead atoms. The summed E-state index contributed by atoms with van der Waals surface area (Å²) in [6.45, 7) is 17.7. The van der Waals surface area contributed by atoms with E-state index in [1.165, 1.54) is 7.11 Å². The van der Waals surface area contributed by atoms with Gasteiger partial charge in [-0.05, 0) is 68.0 Å². The van der Waals surface area contributed by atoms with E-state index >= 15 is 0 Å². The van der Waals surface area contributed by atoms with E-state index in [4.69, 9.17) is 28.4 Å². The predicted octanol–water partition coefficient (Wildman–Crippen LogP) is 2.93. The lowest BCUT2D eigenvalue weighted by Crippen LogP contribution is -2.60. The average molecular weight is 733 g/mol. The standard InChI is InChI=1S/C37H68N2O12/c1-14-26-20(4)29(40)21(5)28(38-45)18(2)16-36(9,44)33(51-35-30(41)25(39(11)12)15-19(3)47-35)22(6)31(23(7)34(43)49-26)50-27-17-37(10,46-13)32(42)24(8)48-27/h18-27,29-33,35,40-42,44-45H,14-17H2,1-13H3/b38-28+/t18-,19?,20+,21+,22+,23-,24?,25-,26-,27+,29+,30?,31+,32+,33-,35+,36-,37+/m1/s1. The van der Waals surface area contributed by atoms with Gasteiger partial charge >= 0.3 is 5.97 Å². The van der Waals surface area contributed by atoms with Crippen LogP contribution >= 0.6 is 0 Å². The van der Waals surface area contributed by atoms with Gasteiger partial charge in [-0.3, -0.25) is 4.79 Å². The quantitative estimate of drug-likeness (QED) is 0.146. The van der Waals surface area contributed by atoms with E-state index in [1.54, 1.807) is 48.5 Å². The summed E-state index contributed by atoms with van der Waals surface area (Å²) in [5.41, 5.74) is -2.43. The second-order valence-electron chi connectivity index (χ2n) is 16.3. The van der Waals surface area contributed by atoms with Crippen LogP contribution in [0, 0.1) is 29.6 Å². The van der Waals surface area contributed by atoms with Crippen molar-refractivity contribution in [3.8, 4) is 0 Å². The lowest BCUT2D eigenvalue weighted by atomic mass is 9.74. The second kappa shape index (κ2) is 17.8. The molecule has 0 aromatic heterocycles. The molecular formula is C37H68N2O12. The van der Waals surface area contributed by atoms with E-state index in [0.717, 1.165) is 0 Å². The van der Waals surface area contributed by atoms with Crippen molar-refractivity contribution in [1.29, 1.82) is 0 Å². The summed E-state index contributed by atoms with van der Waals surface area (Å²) >= 11 is 0. The molecule has 0 saturated carbocycles. The van der Waals surface area contributed by atoms with E-state index in [1.807, 2.05) is 39.8 Å². The van der Waals surface area contributed by atoms with E-state index in [-0.39, 0.29) is 30.7 Å². The van der Waals surface area contributed by atoms with Crippen LogP contribution in [-0.4, -0.2) is 142 Å². The summed E-state index contributed by atoms with van der Waals surface area (Å²) < 4.78 is 37.5. The first-order valence-electron chi connectivity index (χ1n) is 18.7. The Morgan fingerprint density at radius 3 is 2.10 bits per heavy atom. The largest absolute Gasteiger partial charge is 0.462 e. The molecule has 3 saturated heterocycles. The van der Waals surface area contributed by atoms with Gasteiger partial charge in [0.15, 0.2) is 12.6 Å². The number of hydrogen-bond acceptors (Lipinski definition) is 14. The van der Waals surface area contributed by atoms with Crippen LogP contribution in [0.2, 0.25) is 0 Å². The molecule has 0 amide bonds. The third-order valence-corrected chi connectivity index (χ3v) is 11.9. The topological polar surface area (TPSA) is 189 Å². The Morgan fingerprint density at radius 2 is 1.55 bits per heavy atom. The zero-order chi connectivity index (χ0) is 38.7. The van der Waals surface area contributed by atoms with Crippen molar-refractivity contribution in [2.24, 2.45) is 34.7 Å². The molecule has 3 fully saturated rings. The second-order valence-corrected chi connectivity index (χ2v) is 16.3. The molecule has 5 N–H and O–H groups in total. The summed E-state index contributed by atoms with van der Waals surface area (Å²) in [6, 6.07) is -0.295. The molecule has 51 heavy (non-hydrogen) atoms. The number of aliphatic hydroxyl groups excluding tert-OH is 3. The van der Waals surface area contributed by atoms with Gasteiger partial charge in [-0.2, -0.15) is 0 Å². The highest BCUT2D eigenvalue weighted by molar-refractivity contribution is 5.88. The molecule has 0 radical (unpaired) electrons. The summed E-state index contributed by atoms with van der Waals surface area (Å²) in [5, 5.41) is 60.2. The zero-order valence-corrected chi connectivity index (χ0v) is 33.1. The molecule has 0 aliphatic carbocycles. The lowest BCUT2D eigenvalue weighted by molar-refractivity contribution is -0.317. The number of ether oxygens (including phenoxy) is 6. The highest BCUT2D eigenvalue weighted by Gasteiger charge is 2.52. The third-order valence-electron chi connectivity index (χ3n) is 11.9. The number of cyclic esters (lactones) is 1. The normalized spacial score (nSPS) is 49.1. The third kappa shape index (κ3) is 9.81. The van der Waals surface area contributed by atoms with Crippen LogP contribution in [0.5, 0.6) is 0 Å². The van der Waals surface area contributed by atoms with Crippen molar-refractivity contribution in [2.75, 3.05) is 21.2 Å². The molecule has 3 heterocycles. The molecule has 298 valence electrons. The Morgan fingerprint density at radius 1 is 0.922 bits per heavy atom. The number of oxime groups is 1. The molecule has 3 unspecified atom stereocenters. The Hall–Kier alpha value is -1.46. The fraction of sp³-hybridized carbons (Fsp3) is 0.946. The average Bonchev–Trinajstić information content (AvgIpc) is 3.06. The van der Waals surface area contributed by atoms with Gasteiger partial charge in [0.25, 0.3) is 0 Å².